The van der Waals surface area contributed by atoms with E-state index >= 15 is 0 Å². The molecule has 5 nitrogen and oxygen atoms in total. The number of carbonyl (C=O) groups is 1. The van der Waals surface area contributed by atoms with Crippen LogP contribution in [0.5, 0.6) is 0 Å². The lowest BCUT2D eigenvalue weighted by Gasteiger charge is -2.05. The van der Waals surface area contributed by atoms with Gasteiger partial charge in [0.25, 0.3) is 0 Å². The van der Waals surface area contributed by atoms with E-state index in [-0.39, 0.29) is 5.56 Å². The van der Waals surface area contributed by atoms with Crippen molar-refractivity contribution in [3.63, 3.8) is 0 Å². The molecule has 0 radical (unpaired) electrons. The van der Waals surface area contributed by atoms with Gasteiger partial charge in [0.05, 0.1) is 5.56 Å². The molecule has 3 aromatic rings. The van der Waals surface area contributed by atoms with Crippen molar-refractivity contribution in [2.24, 2.45) is 0 Å². The highest BCUT2D eigenvalue weighted by atomic mass is 35.5. The van der Waals surface area contributed by atoms with Crippen LogP contribution in [0, 0.1) is 6.92 Å². The third-order valence-electron chi connectivity index (χ3n) is 3.08. The number of carboxylic acid groups (broad SMARTS) is 1. The summed E-state index contributed by atoms with van der Waals surface area (Å²) in [6.07, 6.45) is 1.51. The van der Waals surface area contributed by atoms with Gasteiger partial charge in [-0.2, -0.15) is 0 Å². The van der Waals surface area contributed by atoms with Crippen LogP contribution in [-0.2, 0) is 0 Å². The van der Waals surface area contributed by atoms with E-state index in [9.17, 15) is 4.79 Å². The van der Waals surface area contributed by atoms with Crippen molar-refractivity contribution >= 4 is 23.2 Å². The van der Waals surface area contributed by atoms with Crippen LogP contribution in [0.15, 0.2) is 36.5 Å². The summed E-state index contributed by atoms with van der Waals surface area (Å²) in [6.45, 7) is 1.92. The van der Waals surface area contributed by atoms with Crippen molar-refractivity contribution in [3.05, 3.63) is 52.7 Å². The summed E-state index contributed by atoms with van der Waals surface area (Å²) in [7, 11) is 0. The number of benzene rings is 1. The number of aromatic carboxylic acids is 1. The van der Waals surface area contributed by atoms with Gasteiger partial charge < -0.3 is 5.11 Å². The second kappa shape index (κ2) is 4.61. The number of halogens is 1. The predicted molar refractivity (Wildman–Crippen MR) is 75.1 cm³/mol. The second-order valence-electron chi connectivity index (χ2n) is 4.43. The van der Waals surface area contributed by atoms with Crippen LogP contribution in [0.25, 0.3) is 17.0 Å². The molecule has 0 atom stereocenters. The zero-order valence-corrected chi connectivity index (χ0v) is 11.3. The standard InChI is InChI=1S/C14H10ClN3O2/c1-8-6-10(15)3-4-11(8)13-17-16-12-5-2-9(14(19)20)7-18(12)13/h2-7H,1H3,(H,19,20). The van der Waals surface area contributed by atoms with Crippen LogP contribution >= 0.6 is 11.6 Å². The van der Waals surface area contributed by atoms with Crippen molar-refractivity contribution in [1.82, 2.24) is 14.6 Å². The number of aryl methyl sites for hydroxylation is 1. The zero-order valence-electron chi connectivity index (χ0n) is 10.5. The van der Waals surface area contributed by atoms with Crippen LogP contribution in [0.3, 0.4) is 0 Å². The number of carboxylic acids is 1. The number of nitrogens with zero attached hydrogens (tertiary/aromatic N) is 3. The van der Waals surface area contributed by atoms with Gasteiger partial charge in [0.15, 0.2) is 11.5 Å². The molecule has 2 heterocycles. The average Bonchev–Trinajstić information content (AvgIpc) is 2.81. The molecule has 0 saturated heterocycles. The fourth-order valence-electron chi connectivity index (χ4n) is 2.08. The topological polar surface area (TPSA) is 67.5 Å². The van der Waals surface area contributed by atoms with Crippen molar-refractivity contribution in [3.8, 4) is 11.4 Å². The summed E-state index contributed by atoms with van der Waals surface area (Å²) in [5, 5.41) is 17.9. The summed E-state index contributed by atoms with van der Waals surface area (Å²) < 4.78 is 1.67. The van der Waals surface area contributed by atoms with Gasteiger partial charge in [-0.25, -0.2) is 4.79 Å². The van der Waals surface area contributed by atoms with E-state index in [0.29, 0.717) is 16.5 Å². The second-order valence-corrected chi connectivity index (χ2v) is 4.87. The molecule has 3 rings (SSSR count). The van der Waals surface area contributed by atoms with Gasteiger partial charge in [-0.05, 0) is 42.8 Å². The first-order valence-corrected chi connectivity index (χ1v) is 6.28. The van der Waals surface area contributed by atoms with Crippen LogP contribution in [0.1, 0.15) is 15.9 Å². The molecule has 100 valence electrons. The Balaban J connectivity index is 2.25. The van der Waals surface area contributed by atoms with Crippen molar-refractivity contribution in [2.45, 2.75) is 6.92 Å². The monoisotopic (exact) mass is 287 g/mol. The molecule has 0 unspecified atom stereocenters. The minimum absolute atomic E-state index is 0.185. The van der Waals surface area contributed by atoms with Gasteiger partial charge in [0.2, 0.25) is 0 Å². The van der Waals surface area contributed by atoms with Crippen molar-refractivity contribution in [1.29, 1.82) is 0 Å². The van der Waals surface area contributed by atoms with E-state index in [4.69, 9.17) is 16.7 Å². The Kier molecular flexibility index (Phi) is 2.91. The number of aromatic nitrogens is 3. The van der Waals surface area contributed by atoms with E-state index in [1.54, 1.807) is 16.5 Å². The molecular formula is C14H10ClN3O2. The smallest absolute Gasteiger partial charge is 0.337 e. The highest BCUT2D eigenvalue weighted by Crippen LogP contribution is 2.25. The predicted octanol–water partition coefficient (Wildman–Crippen LogP) is 3.06. The van der Waals surface area contributed by atoms with E-state index in [1.165, 1.54) is 12.3 Å². The normalized spacial score (nSPS) is 10.9. The van der Waals surface area contributed by atoms with Gasteiger partial charge in [-0.1, -0.05) is 11.6 Å². The van der Waals surface area contributed by atoms with Crippen LogP contribution in [0.4, 0.5) is 0 Å². The summed E-state index contributed by atoms with van der Waals surface area (Å²) in [5.41, 5.74) is 2.60. The third-order valence-corrected chi connectivity index (χ3v) is 3.31. The lowest BCUT2D eigenvalue weighted by atomic mass is 10.1. The van der Waals surface area contributed by atoms with Gasteiger partial charge >= 0.3 is 5.97 Å². The van der Waals surface area contributed by atoms with Crippen molar-refractivity contribution in [2.75, 3.05) is 0 Å². The van der Waals surface area contributed by atoms with E-state index in [2.05, 4.69) is 10.2 Å². The maximum atomic E-state index is 11.1. The Labute approximate surface area is 119 Å². The Morgan fingerprint density at radius 1 is 1.25 bits per heavy atom. The summed E-state index contributed by atoms with van der Waals surface area (Å²) in [4.78, 5) is 11.1. The molecule has 1 aromatic carbocycles. The van der Waals surface area contributed by atoms with Crippen LogP contribution < -0.4 is 0 Å². The third kappa shape index (κ3) is 2.02. The maximum Gasteiger partial charge on any atom is 0.337 e. The summed E-state index contributed by atoms with van der Waals surface area (Å²) in [5.74, 6) is -0.392. The molecule has 0 aliphatic rings. The average molecular weight is 288 g/mol. The largest absolute Gasteiger partial charge is 0.478 e. The molecule has 2 aromatic heterocycles. The Hall–Kier alpha value is -2.40. The quantitative estimate of drug-likeness (QED) is 0.786. The first kappa shape index (κ1) is 12.6. The highest BCUT2D eigenvalue weighted by Gasteiger charge is 2.12. The number of pyridine rings is 1. The molecule has 20 heavy (non-hydrogen) atoms. The first-order valence-electron chi connectivity index (χ1n) is 5.91. The maximum absolute atomic E-state index is 11.1. The molecule has 1 N–H and O–H groups in total. The molecular weight excluding hydrogens is 278 g/mol. The minimum atomic E-state index is -0.987. The molecule has 0 fully saturated rings. The molecule has 0 bridgehead atoms. The van der Waals surface area contributed by atoms with Crippen LogP contribution in [0.2, 0.25) is 5.02 Å². The minimum Gasteiger partial charge on any atom is -0.478 e. The van der Waals surface area contributed by atoms with E-state index < -0.39 is 5.97 Å². The zero-order chi connectivity index (χ0) is 14.3. The highest BCUT2D eigenvalue weighted by molar-refractivity contribution is 6.30. The Bertz CT molecular complexity index is 826. The number of rotatable bonds is 2. The van der Waals surface area contributed by atoms with Crippen LogP contribution in [-0.4, -0.2) is 25.7 Å². The SMILES string of the molecule is Cc1cc(Cl)ccc1-c1nnc2ccc(C(=O)O)cn12. The Morgan fingerprint density at radius 2 is 2.05 bits per heavy atom. The molecule has 0 aliphatic heterocycles. The fourth-order valence-corrected chi connectivity index (χ4v) is 2.31. The van der Waals surface area contributed by atoms with E-state index in [0.717, 1.165) is 11.1 Å². The van der Waals surface area contributed by atoms with Gasteiger partial charge in [0, 0.05) is 16.8 Å². The molecule has 6 heteroatoms. The number of hydrogen-bond donors (Lipinski definition) is 1. The molecule has 0 spiro atoms. The summed E-state index contributed by atoms with van der Waals surface area (Å²) in [6, 6.07) is 8.59. The first-order chi connectivity index (χ1) is 9.56. The van der Waals surface area contributed by atoms with Gasteiger partial charge in [0.1, 0.15) is 0 Å². The fraction of sp³-hybridized carbons (Fsp3) is 0.0714. The summed E-state index contributed by atoms with van der Waals surface area (Å²) >= 11 is 5.94. The number of hydrogen-bond acceptors (Lipinski definition) is 3. The van der Waals surface area contributed by atoms with Gasteiger partial charge in [-0.15, -0.1) is 10.2 Å². The number of fused-ring (bicyclic) bond motifs is 1. The molecule has 0 saturated carbocycles. The van der Waals surface area contributed by atoms with Gasteiger partial charge in [-0.3, -0.25) is 4.40 Å². The van der Waals surface area contributed by atoms with Crippen molar-refractivity contribution < 1.29 is 9.90 Å². The lowest BCUT2D eigenvalue weighted by molar-refractivity contribution is 0.0696. The Morgan fingerprint density at radius 3 is 2.75 bits per heavy atom. The molecule has 0 aliphatic carbocycles. The lowest BCUT2D eigenvalue weighted by Crippen LogP contribution is -2.00. The molecule has 0 amide bonds. The van der Waals surface area contributed by atoms with E-state index in [1.807, 2.05) is 19.1 Å².